The predicted molar refractivity (Wildman–Crippen MR) is 67.5 cm³/mol. The van der Waals surface area contributed by atoms with Crippen molar-refractivity contribution in [1.82, 2.24) is 15.3 Å². The van der Waals surface area contributed by atoms with E-state index in [1.807, 2.05) is 6.08 Å². The summed E-state index contributed by atoms with van der Waals surface area (Å²) in [6, 6.07) is -0.977. The number of hydrogen-bond donors (Lipinski definition) is 2. The van der Waals surface area contributed by atoms with E-state index in [2.05, 4.69) is 15.3 Å². The van der Waals surface area contributed by atoms with Gasteiger partial charge < -0.3 is 10.4 Å². The van der Waals surface area contributed by atoms with Crippen molar-refractivity contribution in [3.8, 4) is 0 Å². The van der Waals surface area contributed by atoms with Crippen LogP contribution >= 0.6 is 0 Å². The van der Waals surface area contributed by atoms with Crippen LogP contribution in [0.3, 0.4) is 0 Å². The molecular weight excluding hydrogens is 246 g/mol. The first-order valence-electron chi connectivity index (χ1n) is 6.17. The molecule has 1 aliphatic rings. The molecule has 0 unspecified atom stereocenters. The first kappa shape index (κ1) is 13.2. The monoisotopic (exact) mass is 261 g/mol. The van der Waals surface area contributed by atoms with Crippen LogP contribution in [-0.2, 0) is 4.79 Å². The lowest BCUT2D eigenvalue weighted by Gasteiger charge is -2.20. The smallest absolute Gasteiger partial charge is 0.330 e. The Kier molecular flexibility index (Phi) is 4.22. The van der Waals surface area contributed by atoms with Crippen LogP contribution in [0.15, 0.2) is 30.2 Å². The highest BCUT2D eigenvalue weighted by atomic mass is 16.4. The SMILES string of the molecule is O=C(N[C@H](C(=O)O)C1=CCCCC1)c1cnccn1. The number of aromatic nitrogens is 2. The molecule has 0 saturated heterocycles. The molecule has 6 heteroatoms. The van der Waals surface area contributed by atoms with Gasteiger partial charge in [-0.05, 0) is 31.3 Å². The molecule has 0 bridgehead atoms. The topological polar surface area (TPSA) is 92.2 Å². The fourth-order valence-electron chi connectivity index (χ4n) is 2.06. The van der Waals surface area contributed by atoms with Crippen molar-refractivity contribution >= 4 is 11.9 Å². The molecule has 0 aliphatic heterocycles. The van der Waals surface area contributed by atoms with Gasteiger partial charge in [0.1, 0.15) is 11.7 Å². The molecule has 2 rings (SSSR count). The lowest BCUT2D eigenvalue weighted by molar-refractivity contribution is -0.138. The molecule has 1 atom stereocenters. The summed E-state index contributed by atoms with van der Waals surface area (Å²) in [6.07, 6.45) is 9.64. The van der Waals surface area contributed by atoms with Crippen molar-refractivity contribution < 1.29 is 14.7 Å². The van der Waals surface area contributed by atoms with E-state index >= 15 is 0 Å². The fourth-order valence-corrected chi connectivity index (χ4v) is 2.06. The standard InChI is InChI=1S/C13H15N3O3/c17-12(10-8-14-6-7-15-10)16-11(13(18)19)9-4-2-1-3-5-9/h4,6-8,11H,1-3,5H2,(H,16,17)(H,18,19)/t11-/m0/s1. The van der Waals surface area contributed by atoms with Crippen molar-refractivity contribution in [3.05, 3.63) is 35.9 Å². The first-order chi connectivity index (χ1) is 9.18. The molecule has 6 nitrogen and oxygen atoms in total. The van der Waals surface area contributed by atoms with Gasteiger partial charge in [0.15, 0.2) is 0 Å². The molecule has 1 aromatic rings. The van der Waals surface area contributed by atoms with E-state index in [0.29, 0.717) is 6.42 Å². The number of carboxylic acid groups (broad SMARTS) is 1. The van der Waals surface area contributed by atoms with Crippen molar-refractivity contribution in [2.75, 3.05) is 0 Å². The van der Waals surface area contributed by atoms with E-state index in [9.17, 15) is 14.7 Å². The summed E-state index contributed by atoms with van der Waals surface area (Å²) in [6.45, 7) is 0. The number of hydrogen-bond acceptors (Lipinski definition) is 4. The van der Waals surface area contributed by atoms with Crippen molar-refractivity contribution in [2.24, 2.45) is 0 Å². The van der Waals surface area contributed by atoms with Gasteiger partial charge in [0.05, 0.1) is 6.20 Å². The summed E-state index contributed by atoms with van der Waals surface area (Å²) in [4.78, 5) is 30.8. The minimum atomic E-state index is -1.05. The Morgan fingerprint density at radius 3 is 2.74 bits per heavy atom. The third kappa shape index (κ3) is 3.37. The number of carbonyl (C=O) groups is 2. The Balaban J connectivity index is 2.11. The Hall–Kier alpha value is -2.24. The first-order valence-corrected chi connectivity index (χ1v) is 6.17. The van der Waals surface area contributed by atoms with Gasteiger partial charge in [0, 0.05) is 12.4 Å². The van der Waals surface area contributed by atoms with Gasteiger partial charge >= 0.3 is 5.97 Å². The summed E-state index contributed by atoms with van der Waals surface area (Å²) < 4.78 is 0. The zero-order valence-corrected chi connectivity index (χ0v) is 10.4. The van der Waals surface area contributed by atoms with Crippen molar-refractivity contribution in [2.45, 2.75) is 31.7 Å². The van der Waals surface area contributed by atoms with Crippen LogP contribution in [-0.4, -0.2) is 33.0 Å². The molecule has 100 valence electrons. The second-order valence-corrected chi connectivity index (χ2v) is 4.36. The summed E-state index contributed by atoms with van der Waals surface area (Å²) in [5.74, 6) is -1.57. The maximum Gasteiger partial charge on any atom is 0.330 e. The predicted octanol–water partition coefficient (Wildman–Crippen LogP) is 1.16. The highest BCUT2D eigenvalue weighted by molar-refractivity contribution is 5.95. The van der Waals surface area contributed by atoms with E-state index < -0.39 is 17.9 Å². The molecular formula is C13H15N3O3. The van der Waals surface area contributed by atoms with Crippen LogP contribution in [0, 0.1) is 0 Å². The number of carbonyl (C=O) groups excluding carboxylic acids is 1. The fraction of sp³-hybridized carbons (Fsp3) is 0.385. The van der Waals surface area contributed by atoms with E-state index in [-0.39, 0.29) is 5.69 Å². The van der Waals surface area contributed by atoms with Crippen LogP contribution in [0.1, 0.15) is 36.2 Å². The highest BCUT2D eigenvalue weighted by Gasteiger charge is 2.25. The van der Waals surface area contributed by atoms with Gasteiger partial charge in [-0.25, -0.2) is 9.78 Å². The van der Waals surface area contributed by atoms with Crippen LogP contribution in [0.2, 0.25) is 0 Å². The zero-order valence-electron chi connectivity index (χ0n) is 10.4. The molecule has 1 aromatic heterocycles. The normalized spacial score (nSPS) is 16.3. The summed E-state index contributed by atoms with van der Waals surface area (Å²) in [5, 5.41) is 11.7. The Labute approximate surface area is 110 Å². The van der Waals surface area contributed by atoms with Gasteiger partial charge in [-0.3, -0.25) is 9.78 Å². The molecule has 0 fully saturated rings. The summed E-state index contributed by atoms with van der Waals surface area (Å²) in [5.41, 5.74) is 0.876. The van der Waals surface area contributed by atoms with Gasteiger partial charge in [0.2, 0.25) is 0 Å². The molecule has 1 aliphatic carbocycles. The van der Waals surface area contributed by atoms with Crippen LogP contribution in [0.4, 0.5) is 0 Å². The zero-order chi connectivity index (χ0) is 13.7. The molecule has 1 amide bonds. The number of carboxylic acids is 1. The molecule has 2 N–H and O–H groups in total. The lowest BCUT2D eigenvalue weighted by atomic mass is 9.94. The summed E-state index contributed by atoms with van der Waals surface area (Å²) >= 11 is 0. The average Bonchev–Trinajstić information content (AvgIpc) is 2.46. The lowest BCUT2D eigenvalue weighted by Crippen LogP contribution is -2.42. The number of aliphatic carboxylic acids is 1. The minimum Gasteiger partial charge on any atom is -0.479 e. The molecule has 1 heterocycles. The minimum absolute atomic E-state index is 0.116. The second-order valence-electron chi connectivity index (χ2n) is 4.36. The maximum absolute atomic E-state index is 11.9. The van der Waals surface area contributed by atoms with Gasteiger partial charge in [-0.15, -0.1) is 0 Å². The van der Waals surface area contributed by atoms with Crippen molar-refractivity contribution in [3.63, 3.8) is 0 Å². The average molecular weight is 261 g/mol. The van der Waals surface area contributed by atoms with Gasteiger partial charge in [0.25, 0.3) is 5.91 Å². The van der Waals surface area contributed by atoms with Crippen LogP contribution in [0.5, 0.6) is 0 Å². The Morgan fingerprint density at radius 1 is 1.32 bits per heavy atom. The molecule has 0 aromatic carbocycles. The van der Waals surface area contributed by atoms with Crippen molar-refractivity contribution in [1.29, 1.82) is 0 Å². The maximum atomic E-state index is 11.9. The van der Waals surface area contributed by atoms with Gasteiger partial charge in [-0.1, -0.05) is 6.08 Å². The molecule has 0 spiro atoms. The second kappa shape index (κ2) is 6.08. The van der Waals surface area contributed by atoms with E-state index in [4.69, 9.17) is 0 Å². The molecule has 0 saturated carbocycles. The number of nitrogens with one attached hydrogen (secondary N) is 1. The third-order valence-corrected chi connectivity index (χ3v) is 3.02. The summed E-state index contributed by atoms with van der Waals surface area (Å²) in [7, 11) is 0. The number of allylic oxidation sites excluding steroid dienone is 1. The third-order valence-electron chi connectivity index (χ3n) is 3.02. The molecule has 0 radical (unpaired) electrons. The highest BCUT2D eigenvalue weighted by Crippen LogP contribution is 2.20. The number of nitrogens with zero attached hydrogens (tertiary/aromatic N) is 2. The number of rotatable bonds is 4. The molecule has 19 heavy (non-hydrogen) atoms. The van der Waals surface area contributed by atoms with E-state index in [0.717, 1.165) is 24.8 Å². The van der Waals surface area contributed by atoms with Gasteiger partial charge in [-0.2, -0.15) is 0 Å². The quantitative estimate of drug-likeness (QED) is 0.793. The largest absolute Gasteiger partial charge is 0.479 e. The van der Waals surface area contributed by atoms with Crippen LogP contribution in [0.25, 0.3) is 0 Å². The number of amides is 1. The Morgan fingerprint density at radius 2 is 2.16 bits per heavy atom. The van der Waals surface area contributed by atoms with E-state index in [1.54, 1.807) is 0 Å². The van der Waals surface area contributed by atoms with Crippen LogP contribution < -0.4 is 5.32 Å². The van der Waals surface area contributed by atoms with E-state index in [1.165, 1.54) is 18.6 Å². The Bertz CT molecular complexity index is 499.